The van der Waals surface area contributed by atoms with E-state index < -0.39 is 0 Å². The van der Waals surface area contributed by atoms with Crippen molar-refractivity contribution >= 4 is 5.82 Å². The molecule has 0 bridgehead atoms. The summed E-state index contributed by atoms with van der Waals surface area (Å²) in [5, 5.41) is 3.39. The van der Waals surface area contributed by atoms with Gasteiger partial charge in [-0.15, -0.1) is 0 Å². The Kier molecular flexibility index (Phi) is 5.10. The third-order valence-electron chi connectivity index (χ3n) is 3.35. The van der Waals surface area contributed by atoms with Crippen molar-refractivity contribution in [1.29, 1.82) is 0 Å². The molecule has 0 amide bonds. The van der Waals surface area contributed by atoms with E-state index in [-0.39, 0.29) is 0 Å². The zero-order chi connectivity index (χ0) is 13.7. The monoisotopic (exact) mass is 264 g/mol. The average molecular weight is 264 g/mol. The van der Waals surface area contributed by atoms with Gasteiger partial charge < -0.3 is 15.0 Å². The summed E-state index contributed by atoms with van der Waals surface area (Å²) < 4.78 is 5.42. The van der Waals surface area contributed by atoms with Crippen molar-refractivity contribution in [3.05, 3.63) is 18.1 Å². The molecular weight excluding hydrogens is 240 g/mol. The zero-order valence-corrected chi connectivity index (χ0v) is 12.1. The van der Waals surface area contributed by atoms with Crippen molar-refractivity contribution in [3.63, 3.8) is 0 Å². The SMILES string of the molecule is CC(C)CNCc1cncc(N(C)C2CCOC2)n1. The molecule has 1 saturated heterocycles. The van der Waals surface area contributed by atoms with Gasteiger partial charge in [0.05, 0.1) is 24.5 Å². The minimum Gasteiger partial charge on any atom is -0.379 e. The average Bonchev–Trinajstić information content (AvgIpc) is 2.91. The van der Waals surface area contributed by atoms with Gasteiger partial charge in [-0.2, -0.15) is 0 Å². The number of hydrogen-bond donors (Lipinski definition) is 1. The number of nitrogens with zero attached hydrogens (tertiary/aromatic N) is 3. The number of hydrogen-bond acceptors (Lipinski definition) is 5. The number of anilines is 1. The summed E-state index contributed by atoms with van der Waals surface area (Å²) in [7, 11) is 2.06. The second-order valence-corrected chi connectivity index (χ2v) is 5.52. The molecule has 1 aromatic heterocycles. The quantitative estimate of drug-likeness (QED) is 0.842. The van der Waals surface area contributed by atoms with Crippen LogP contribution in [-0.2, 0) is 11.3 Å². The Labute approximate surface area is 115 Å². The topological polar surface area (TPSA) is 50.3 Å². The van der Waals surface area contributed by atoms with Gasteiger partial charge in [0.2, 0.25) is 0 Å². The van der Waals surface area contributed by atoms with Crippen LogP contribution in [0.5, 0.6) is 0 Å². The zero-order valence-electron chi connectivity index (χ0n) is 12.1. The smallest absolute Gasteiger partial charge is 0.147 e. The lowest BCUT2D eigenvalue weighted by molar-refractivity contribution is 0.193. The van der Waals surface area contributed by atoms with E-state index in [4.69, 9.17) is 4.74 Å². The molecule has 106 valence electrons. The lowest BCUT2D eigenvalue weighted by Crippen LogP contribution is -2.32. The Morgan fingerprint density at radius 3 is 3.00 bits per heavy atom. The lowest BCUT2D eigenvalue weighted by atomic mass is 10.2. The molecule has 0 spiro atoms. The van der Waals surface area contributed by atoms with Gasteiger partial charge >= 0.3 is 0 Å². The van der Waals surface area contributed by atoms with Crippen LogP contribution in [0.1, 0.15) is 26.0 Å². The first-order valence-corrected chi connectivity index (χ1v) is 6.99. The van der Waals surface area contributed by atoms with E-state index in [1.54, 1.807) is 0 Å². The van der Waals surface area contributed by atoms with Gasteiger partial charge in [0.25, 0.3) is 0 Å². The van der Waals surface area contributed by atoms with Crippen molar-refractivity contribution in [2.75, 3.05) is 31.7 Å². The van der Waals surface area contributed by atoms with Crippen LogP contribution in [0, 0.1) is 5.92 Å². The van der Waals surface area contributed by atoms with Gasteiger partial charge in [-0.3, -0.25) is 4.98 Å². The van der Waals surface area contributed by atoms with Gasteiger partial charge in [-0.05, 0) is 18.9 Å². The van der Waals surface area contributed by atoms with Crippen LogP contribution < -0.4 is 10.2 Å². The molecule has 0 saturated carbocycles. The van der Waals surface area contributed by atoms with Crippen molar-refractivity contribution in [2.45, 2.75) is 32.9 Å². The Bertz CT molecular complexity index is 391. The first kappa shape index (κ1) is 14.2. The van der Waals surface area contributed by atoms with Crippen molar-refractivity contribution in [3.8, 4) is 0 Å². The molecule has 19 heavy (non-hydrogen) atoms. The molecule has 1 N–H and O–H groups in total. The molecule has 5 heteroatoms. The van der Waals surface area contributed by atoms with Crippen LogP contribution in [-0.4, -0.2) is 42.8 Å². The van der Waals surface area contributed by atoms with Crippen LogP contribution in [0.25, 0.3) is 0 Å². The molecule has 1 aliphatic heterocycles. The fourth-order valence-corrected chi connectivity index (χ4v) is 2.15. The Morgan fingerprint density at radius 2 is 2.32 bits per heavy atom. The van der Waals surface area contributed by atoms with Crippen LogP contribution in [0.2, 0.25) is 0 Å². The first-order chi connectivity index (χ1) is 9.16. The van der Waals surface area contributed by atoms with E-state index in [0.29, 0.717) is 12.0 Å². The second-order valence-electron chi connectivity index (χ2n) is 5.52. The molecule has 2 heterocycles. The maximum atomic E-state index is 5.42. The summed E-state index contributed by atoms with van der Waals surface area (Å²) >= 11 is 0. The van der Waals surface area contributed by atoms with Gasteiger partial charge in [0.1, 0.15) is 5.82 Å². The van der Waals surface area contributed by atoms with E-state index in [1.807, 2.05) is 12.4 Å². The highest BCUT2D eigenvalue weighted by Crippen LogP contribution is 2.17. The number of nitrogens with one attached hydrogen (secondary N) is 1. The highest BCUT2D eigenvalue weighted by atomic mass is 16.5. The Morgan fingerprint density at radius 1 is 1.47 bits per heavy atom. The minimum absolute atomic E-state index is 0.424. The Balaban J connectivity index is 1.94. The third-order valence-corrected chi connectivity index (χ3v) is 3.35. The molecule has 5 nitrogen and oxygen atoms in total. The highest BCUT2D eigenvalue weighted by molar-refractivity contribution is 5.37. The maximum absolute atomic E-state index is 5.42. The molecule has 1 unspecified atom stereocenters. The second kappa shape index (κ2) is 6.82. The van der Waals surface area contributed by atoms with E-state index in [1.165, 1.54) is 0 Å². The fraction of sp³-hybridized carbons (Fsp3) is 0.714. The van der Waals surface area contributed by atoms with Gasteiger partial charge in [-0.1, -0.05) is 13.8 Å². The summed E-state index contributed by atoms with van der Waals surface area (Å²) in [6.07, 6.45) is 4.72. The summed E-state index contributed by atoms with van der Waals surface area (Å²) in [4.78, 5) is 11.1. The van der Waals surface area contributed by atoms with Crippen molar-refractivity contribution < 1.29 is 4.74 Å². The summed E-state index contributed by atoms with van der Waals surface area (Å²) in [5.41, 5.74) is 0.990. The van der Waals surface area contributed by atoms with Crippen LogP contribution in [0.4, 0.5) is 5.82 Å². The molecule has 1 aliphatic rings. The largest absolute Gasteiger partial charge is 0.379 e. The predicted octanol–water partition coefficient (Wildman–Crippen LogP) is 1.45. The van der Waals surface area contributed by atoms with Crippen LogP contribution >= 0.6 is 0 Å². The number of rotatable bonds is 6. The van der Waals surface area contributed by atoms with Crippen LogP contribution in [0.15, 0.2) is 12.4 Å². The van der Waals surface area contributed by atoms with Crippen molar-refractivity contribution in [1.82, 2.24) is 15.3 Å². The minimum atomic E-state index is 0.424. The molecule has 1 atom stereocenters. The van der Waals surface area contributed by atoms with Gasteiger partial charge in [0, 0.05) is 26.4 Å². The molecule has 0 aromatic carbocycles. The van der Waals surface area contributed by atoms with Gasteiger partial charge in [0.15, 0.2) is 0 Å². The lowest BCUT2D eigenvalue weighted by Gasteiger charge is -2.24. The van der Waals surface area contributed by atoms with Crippen molar-refractivity contribution in [2.24, 2.45) is 5.92 Å². The predicted molar refractivity (Wildman–Crippen MR) is 76.2 cm³/mol. The number of aromatic nitrogens is 2. The fourth-order valence-electron chi connectivity index (χ4n) is 2.15. The molecule has 1 fully saturated rings. The van der Waals surface area contributed by atoms with E-state index in [2.05, 4.69) is 41.1 Å². The highest BCUT2D eigenvalue weighted by Gasteiger charge is 2.21. The van der Waals surface area contributed by atoms with Gasteiger partial charge in [-0.25, -0.2) is 4.98 Å². The summed E-state index contributed by atoms with van der Waals surface area (Å²) in [5.74, 6) is 1.58. The molecule has 1 aromatic rings. The third kappa shape index (κ3) is 4.14. The van der Waals surface area contributed by atoms with E-state index in [0.717, 1.165) is 44.2 Å². The van der Waals surface area contributed by atoms with E-state index >= 15 is 0 Å². The standard InChI is InChI=1S/C14H24N4O/c1-11(2)6-15-7-12-8-16-9-14(17-12)18(3)13-4-5-19-10-13/h8-9,11,13,15H,4-7,10H2,1-3H3. The van der Waals surface area contributed by atoms with E-state index in [9.17, 15) is 0 Å². The molecule has 0 radical (unpaired) electrons. The summed E-state index contributed by atoms with van der Waals surface area (Å²) in [6.45, 7) is 7.80. The molecular formula is C14H24N4O. The first-order valence-electron chi connectivity index (χ1n) is 6.99. The summed E-state index contributed by atoms with van der Waals surface area (Å²) in [6, 6.07) is 0.424. The number of ether oxygens (including phenoxy) is 1. The Hall–Kier alpha value is -1.20. The molecule has 2 rings (SSSR count). The molecule has 0 aliphatic carbocycles. The van der Waals surface area contributed by atoms with Crippen LogP contribution in [0.3, 0.4) is 0 Å². The maximum Gasteiger partial charge on any atom is 0.147 e. The normalized spacial score (nSPS) is 19.1. The number of likely N-dealkylation sites (N-methyl/N-ethyl adjacent to an activating group) is 1.